The molecule has 0 heterocycles. The fraction of sp³-hybridized carbons (Fsp3) is 1.00. The zero-order valence-electron chi connectivity index (χ0n) is 8.28. The van der Waals surface area contributed by atoms with Crippen LogP contribution in [0.25, 0.3) is 0 Å². The third kappa shape index (κ3) is 3.22. The summed E-state index contributed by atoms with van der Waals surface area (Å²) < 4.78 is 26.9. The summed E-state index contributed by atoms with van der Waals surface area (Å²) >= 11 is 0. The van der Waals surface area contributed by atoms with E-state index in [2.05, 4.69) is 5.32 Å². The third-order valence-corrected chi connectivity index (χ3v) is 2.91. The van der Waals surface area contributed by atoms with E-state index in [-0.39, 0.29) is 12.3 Å². The number of halogens is 2. The highest BCUT2D eigenvalue weighted by atomic mass is 19.3. The summed E-state index contributed by atoms with van der Waals surface area (Å²) in [6.45, 7) is 0.420. The van der Waals surface area contributed by atoms with Gasteiger partial charge in [0.15, 0.2) is 0 Å². The molecule has 1 saturated carbocycles. The van der Waals surface area contributed by atoms with Crippen LogP contribution in [0.5, 0.6) is 0 Å². The first-order valence-electron chi connectivity index (χ1n) is 5.19. The van der Waals surface area contributed by atoms with E-state index in [4.69, 9.17) is 0 Å². The smallest absolute Gasteiger partial charge is 0.252 e. The first-order chi connectivity index (χ1) is 6.17. The van der Waals surface area contributed by atoms with Crippen molar-refractivity contribution in [3.05, 3.63) is 0 Å². The molecule has 0 aromatic heterocycles. The molecule has 0 aromatic carbocycles. The maximum absolute atomic E-state index is 13.5. The van der Waals surface area contributed by atoms with Crippen molar-refractivity contribution in [1.29, 1.82) is 0 Å². The first kappa shape index (κ1) is 10.9. The van der Waals surface area contributed by atoms with E-state index < -0.39 is 5.92 Å². The SMILES string of the molecule is CNCCC(F)(F)C1CCCCC1. The molecule has 0 saturated heterocycles. The molecule has 0 atom stereocenters. The van der Waals surface area contributed by atoms with Crippen molar-refractivity contribution in [2.45, 2.75) is 44.4 Å². The van der Waals surface area contributed by atoms with E-state index in [9.17, 15) is 8.78 Å². The lowest BCUT2D eigenvalue weighted by molar-refractivity contribution is -0.0762. The van der Waals surface area contributed by atoms with Crippen molar-refractivity contribution < 1.29 is 8.78 Å². The van der Waals surface area contributed by atoms with Crippen LogP contribution in [0, 0.1) is 5.92 Å². The summed E-state index contributed by atoms with van der Waals surface area (Å²) in [5.41, 5.74) is 0. The summed E-state index contributed by atoms with van der Waals surface area (Å²) in [6, 6.07) is 0. The molecule has 0 radical (unpaired) electrons. The van der Waals surface area contributed by atoms with Gasteiger partial charge in [-0.2, -0.15) is 0 Å². The maximum Gasteiger partial charge on any atom is 0.252 e. The molecule has 13 heavy (non-hydrogen) atoms. The van der Waals surface area contributed by atoms with Crippen molar-refractivity contribution >= 4 is 0 Å². The summed E-state index contributed by atoms with van der Waals surface area (Å²) in [5, 5.41) is 2.78. The summed E-state index contributed by atoms with van der Waals surface area (Å²) in [6.07, 6.45) is 4.54. The van der Waals surface area contributed by atoms with Crippen LogP contribution in [-0.2, 0) is 0 Å². The van der Waals surface area contributed by atoms with Crippen LogP contribution >= 0.6 is 0 Å². The lowest BCUT2D eigenvalue weighted by Crippen LogP contribution is -2.33. The minimum absolute atomic E-state index is 0.00579. The second-order valence-corrected chi connectivity index (χ2v) is 3.95. The average Bonchev–Trinajstić information content (AvgIpc) is 2.16. The van der Waals surface area contributed by atoms with Crippen molar-refractivity contribution in [1.82, 2.24) is 5.32 Å². The highest BCUT2D eigenvalue weighted by molar-refractivity contribution is 4.80. The predicted molar refractivity (Wildman–Crippen MR) is 50.1 cm³/mol. The highest BCUT2D eigenvalue weighted by Gasteiger charge is 2.38. The maximum atomic E-state index is 13.5. The van der Waals surface area contributed by atoms with Crippen LogP contribution in [0.2, 0.25) is 0 Å². The van der Waals surface area contributed by atoms with Gasteiger partial charge in [-0.1, -0.05) is 19.3 Å². The molecule has 0 bridgehead atoms. The van der Waals surface area contributed by atoms with E-state index in [0.29, 0.717) is 6.54 Å². The van der Waals surface area contributed by atoms with Gasteiger partial charge in [0, 0.05) is 18.9 Å². The number of rotatable bonds is 4. The van der Waals surface area contributed by atoms with Crippen LogP contribution in [-0.4, -0.2) is 19.5 Å². The molecule has 0 aromatic rings. The monoisotopic (exact) mass is 191 g/mol. The van der Waals surface area contributed by atoms with Crippen molar-refractivity contribution in [2.75, 3.05) is 13.6 Å². The average molecular weight is 191 g/mol. The van der Waals surface area contributed by atoms with Crippen molar-refractivity contribution in [3.8, 4) is 0 Å². The van der Waals surface area contributed by atoms with Crippen molar-refractivity contribution in [3.63, 3.8) is 0 Å². The highest BCUT2D eigenvalue weighted by Crippen LogP contribution is 2.38. The quantitative estimate of drug-likeness (QED) is 0.720. The Morgan fingerprint density at radius 3 is 2.38 bits per heavy atom. The van der Waals surface area contributed by atoms with Gasteiger partial charge in [-0.15, -0.1) is 0 Å². The minimum Gasteiger partial charge on any atom is -0.320 e. The molecule has 1 N–H and O–H groups in total. The molecule has 1 rings (SSSR count). The van der Waals surface area contributed by atoms with Gasteiger partial charge in [-0.25, -0.2) is 8.78 Å². The van der Waals surface area contributed by atoms with E-state index in [0.717, 1.165) is 32.1 Å². The van der Waals surface area contributed by atoms with Crippen LogP contribution in [0.1, 0.15) is 38.5 Å². The molecule has 0 aliphatic heterocycles. The van der Waals surface area contributed by atoms with Gasteiger partial charge in [-0.05, 0) is 19.9 Å². The zero-order chi connectivity index (χ0) is 9.73. The molecular weight excluding hydrogens is 172 g/mol. The lowest BCUT2D eigenvalue weighted by Gasteiger charge is -2.29. The molecule has 0 spiro atoms. The van der Waals surface area contributed by atoms with Gasteiger partial charge in [0.25, 0.3) is 5.92 Å². The van der Waals surface area contributed by atoms with E-state index in [1.165, 1.54) is 0 Å². The fourth-order valence-electron chi connectivity index (χ4n) is 2.02. The molecule has 78 valence electrons. The third-order valence-electron chi connectivity index (χ3n) is 2.91. The fourth-order valence-corrected chi connectivity index (χ4v) is 2.02. The standard InChI is InChI=1S/C10H19F2N/c1-13-8-7-10(11,12)9-5-3-2-4-6-9/h9,13H,2-8H2,1H3. The van der Waals surface area contributed by atoms with E-state index in [1.54, 1.807) is 7.05 Å². The minimum atomic E-state index is -2.44. The number of hydrogen-bond donors (Lipinski definition) is 1. The normalized spacial score (nSPS) is 20.5. The lowest BCUT2D eigenvalue weighted by atomic mass is 9.83. The topological polar surface area (TPSA) is 12.0 Å². The van der Waals surface area contributed by atoms with Gasteiger partial charge in [0.05, 0.1) is 0 Å². The van der Waals surface area contributed by atoms with E-state index >= 15 is 0 Å². The summed E-state index contributed by atoms with van der Waals surface area (Å²) in [4.78, 5) is 0. The van der Waals surface area contributed by atoms with Crippen LogP contribution in [0.15, 0.2) is 0 Å². The Kier molecular flexibility index (Phi) is 4.10. The van der Waals surface area contributed by atoms with Crippen LogP contribution < -0.4 is 5.32 Å². The Morgan fingerprint density at radius 1 is 1.23 bits per heavy atom. The molecule has 1 aliphatic rings. The Balaban J connectivity index is 2.36. The number of nitrogens with one attached hydrogen (secondary N) is 1. The molecule has 0 amide bonds. The molecular formula is C10H19F2N. The molecule has 3 heteroatoms. The van der Waals surface area contributed by atoms with Crippen molar-refractivity contribution in [2.24, 2.45) is 5.92 Å². The van der Waals surface area contributed by atoms with Gasteiger partial charge in [0.2, 0.25) is 0 Å². The summed E-state index contributed by atoms with van der Waals surface area (Å²) in [5.74, 6) is -2.79. The summed E-state index contributed by atoms with van der Waals surface area (Å²) in [7, 11) is 1.72. The van der Waals surface area contributed by atoms with E-state index in [1.807, 2.05) is 0 Å². The van der Waals surface area contributed by atoms with Crippen LogP contribution in [0.4, 0.5) is 8.78 Å². The Bertz CT molecular complexity index is 142. The molecule has 1 aliphatic carbocycles. The molecule has 1 nitrogen and oxygen atoms in total. The van der Waals surface area contributed by atoms with Gasteiger partial charge < -0.3 is 5.32 Å². The van der Waals surface area contributed by atoms with Gasteiger partial charge in [0.1, 0.15) is 0 Å². The largest absolute Gasteiger partial charge is 0.320 e. The van der Waals surface area contributed by atoms with Gasteiger partial charge >= 0.3 is 0 Å². The second kappa shape index (κ2) is 4.89. The Labute approximate surface area is 78.9 Å². The zero-order valence-corrected chi connectivity index (χ0v) is 8.28. The van der Waals surface area contributed by atoms with Gasteiger partial charge in [-0.3, -0.25) is 0 Å². The molecule has 1 fully saturated rings. The first-order valence-corrected chi connectivity index (χ1v) is 5.19. The number of hydrogen-bond acceptors (Lipinski definition) is 1. The predicted octanol–water partition coefficient (Wildman–Crippen LogP) is 2.81. The second-order valence-electron chi connectivity index (χ2n) is 3.95. The number of alkyl halides is 2. The molecule has 0 unspecified atom stereocenters. The van der Waals surface area contributed by atoms with Crippen LogP contribution in [0.3, 0.4) is 0 Å². The Hall–Kier alpha value is -0.180. The Morgan fingerprint density at radius 2 is 1.85 bits per heavy atom.